The van der Waals surface area contributed by atoms with Gasteiger partial charge in [-0.3, -0.25) is 9.69 Å². The molecule has 7 heteroatoms. The highest BCUT2D eigenvalue weighted by molar-refractivity contribution is 5.78. The van der Waals surface area contributed by atoms with E-state index in [-0.39, 0.29) is 11.9 Å². The quantitative estimate of drug-likeness (QED) is 0.613. The smallest absolute Gasteiger partial charge is 0.317 e. The Labute approximate surface area is 127 Å². The van der Waals surface area contributed by atoms with Gasteiger partial charge in [0.25, 0.3) is 0 Å². The van der Waals surface area contributed by atoms with E-state index in [9.17, 15) is 9.59 Å². The number of nitrogens with one attached hydrogen (secondary N) is 2. The molecule has 0 bridgehead atoms. The Hall–Kier alpha value is -1.34. The summed E-state index contributed by atoms with van der Waals surface area (Å²) in [5.41, 5.74) is 0. The summed E-state index contributed by atoms with van der Waals surface area (Å²) in [5, 5.41) is 5.68. The first-order valence-electron chi connectivity index (χ1n) is 7.77. The van der Waals surface area contributed by atoms with Gasteiger partial charge in [-0.1, -0.05) is 0 Å². The molecule has 0 unspecified atom stereocenters. The van der Waals surface area contributed by atoms with Crippen molar-refractivity contribution in [1.29, 1.82) is 0 Å². The van der Waals surface area contributed by atoms with Crippen molar-refractivity contribution >= 4 is 11.9 Å². The Balaban J connectivity index is 2.14. The van der Waals surface area contributed by atoms with Crippen molar-refractivity contribution in [2.45, 2.75) is 20.3 Å². The molecule has 122 valence electrons. The summed E-state index contributed by atoms with van der Waals surface area (Å²) in [7, 11) is 0. The largest absolute Gasteiger partial charge is 0.382 e. The molecule has 0 aromatic heterocycles. The van der Waals surface area contributed by atoms with Gasteiger partial charge < -0.3 is 20.3 Å². The maximum absolute atomic E-state index is 11.9. The Morgan fingerprint density at radius 2 is 1.81 bits per heavy atom. The molecule has 0 spiro atoms. The fraction of sp³-hybridized carbons (Fsp3) is 0.857. The van der Waals surface area contributed by atoms with Crippen LogP contribution in [0.4, 0.5) is 4.79 Å². The van der Waals surface area contributed by atoms with Crippen LogP contribution in [0.3, 0.4) is 0 Å². The lowest BCUT2D eigenvalue weighted by molar-refractivity contribution is -0.122. The summed E-state index contributed by atoms with van der Waals surface area (Å²) in [4.78, 5) is 27.3. The third kappa shape index (κ3) is 7.29. The van der Waals surface area contributed by atoms with Crippen LogP contribution in [-0.4, -0.2) is 80.8 Å². The van der Waals surface area contributed by atoms with Crippen LogP contribution in [0.25, 0.3) is 0 Å². The fourth-order valence-electron chi connectivity index (χ4n) is 2.19. The monoisotopic (exact) mass is 300 g/mol. The van der Waals surface area contributed by atoms with Gasteiger partial charge in [-0.15, -0.1) is 0 Å². The number of amides is 3. The molecule has 0 aromatic rings. The average Bonchev–Trinajstić information content (AvgIpc) is 2.48. The maximum Gasteiger partial charge on any atom is 0.317 e. The van der Waals surface area contributed by atoms with Crippen LogP contribution in [0, 0.1) is 0 Å². The van der Waals surface area contributed by atoms with Crippen molar-refractivity contribution in [3.05, 3.63) is 0 Å². The fourth-order valence-corrected chi connectivity index (χ4v) is 2.19. The van der Waals surface area contributed by atoms with Gasteiger partial charge in [0.15, 0.2) is 0 Å². The lowest BCUT2D eigenvalue weighted by atomic mass is 10.3. The minimum Gasteiger partial charge on any atom is -0.382 e. The normalized spacial score (nSPS) is 15.8. The zero-order valence-corrected chi connectivity index (χ0v) is 13.2. The Kier molecular flexibility index (Phi) is 8.77. The van der Waals surface area contributed by atoms with E-state index in [1.165, 1.54) is 0 Å². The van der Waals surface area contributed by atoms with E-state index >= 15 is 0 Å². The first-order chi connectivity index (χ1) is 10.2. The van der Waals surface area contributed by atoms with Gasteiger partial charge in [0, 0.05) is 52.5 Å². The van der Waals surface area contributed by atoms with Crippen molar-refractivity contribution in [3.63, 3.8) is 0 Å². The van der Waals surface area contributed by atoms with Gasteiger partial charge in [-0.25, -0.2) is 4.79 Å². The van der Waals surface area contributed by atoms with Gasteiger partial charge in [0.05, 0.1) is 6.54 Å². The predicted molar refractivity (Wildman–Crippen MR) is 81.2 cm³/mol. The molecule has 0 atom stereocenters. The lowest BCUT2D eigenvalue weighted by Crippen LogP contribution is -2.53. The van der Waals surface area contributed by atoms with Crippen LogP contribution in [0.5, 0.6) is 0 Å². The first-order valence-corrected chi connectivity index (χ1v) is 7.77. The van der Waals surface area contributed by atoms with E-state index < -0.39 is 0 Å². The standard InChI is InChI=1S/C14H28N4O3/c1-3-15-13(19)12-17-7-9-18(10-8-17)14(20)16-6-5-11-21-4-2/h3-12H2,1-2H3,(H,15,19)(H,16,20). The van der Waals surface area contributed by atoms with Crippen LogP contribution in [0.1, 0.15) is 20.3 Å². The summed E-state index contributed by atoms with van der Waals surface area (Å²) < 4.78 is 5.22. The molecule has 0 saturated carbocycles. The van der Waals surface area contributed by atoms with Crippen LogP contribution >= 0.6 is 0 Å². The molecule has 1 rings (SSSR count). The molecular formula is C14H28N4O3. The molecule has 1 aliphatic rings. The van der Waals surface area contributed by atoms with Crippen molar-refractivity contribution < 1.29 is 14.3 Å². The number of ether oxygens (including phenoxy) is 1. The SMILES string of the molecule is CCNC(=O)CN1CCN(C(=O)NCCCOCC)CC1. The Morgan fingerprint density at radius 1 is 1.10 bits per heavy atom. The van der Waals surface area contributed by atoms with E-state index in [1.807, 2.05) is 13.8 Å². The van der Waals surface area contributed by atoms with E-state index in [4.69, 9.17) is 4.74 Å². The molecule has 1 heterocycles. The third-order valence-corrected chi connectivity index (χ3v) is 3.35. The highest BCUT2D eigenvalue weighted by atomic mass is 16.5. The number of hydrogen-bond donors (Lipinski definition) is 2. The molecule has 21 heavy (non-hydrogen) atoms. The van der Waals surface area contributed by atoms with Gasteiger partial charge >= 0.3 is 6.03 Å². The molecule has 0 aromatic carbocycles. The van der Waals surface area contributed by atoms with Crippen LogP contribution < -0.4 is 10.6 Å². The third-order valence-electron chi connectivity index (χ3n) is 3.35. The minimum absolute atomic E-state index is 0.0239. The second-order valence-electron chi connectivity index (χ2n) is 5.00. The predicted octanol–water partition coefficient (Wildman–Crippen LogP) is -0.124. The maximum atomic E-state index is 11.9. The Morgan fingerprint density at radius 3 is 2.43 bits per heavy atom. The zero-order chi connectivity index (χ0) is 15.5. The Bertz CT molecular complexity index is 317. The van der Waals surface area contributed by atoms with Crippen molar-refractivity contribution in [3.8, 4) is 0 Å². The molecular weight excluding hydrogens is 272 g/mol. The summed E-state index contributed by atoms with van der Waals surface area (Å²) >= 11 is 0. The number of rotatable bonds is 8. The van der Waals surface area contributed by atoms with Gasteiger partial charge in [0.1, 0.15) is 0 Å². The molecule has 0 radical (unpaired) electrons. The number of nitrogens with zero attached hydrogens (tertiary/aromatic N) is 2. The van der Waals surface area contributed by atoms with Crippen molar-refractivity contribution in [2.24, 2.45) is 0 Å². The average molecular weight is 300 g/mol. The van der Waals surface area contributed by atoms with E-state index in [0.29, 0.717) is 45.9 Å². The number of likely N-dealkylation sites (N-methyl/N-ethyl adjacent to an activating group) is 1. The van der Waals surface area contributed by atoms with Crippen LogP contribution in [-0.2, 0) is 9.53 Å². The molecule has 3 amide bonds. The second-order valence-corrected chi connectivity index (χ2v) is 5.00. The van der Waals surface area contributed by atoms with Crippen LogP contribution in [0.2, 0.25) is 0 Å². The number of piperazine rings is 1. The van der Waals surface area contributed by atoms with Gasteiger partial charge in [-0.05, 0) is 20.3 Å². The molecule has 7 nitrogen and oxygen atoms in total. The minimum atomic E-state index is -0.0239. The summed E-state index contributed by atoms with van der Waals surface area (Å²) in [6.45, 7) is 9.77. The van der Waals surface area contributed by atoms with Crippen molar-refractivity contribution in [2.75, 3.05) is 59.0 Å². The lowest BCUT2D eigenvalue weighted by Gasteiger charge is -2.34. The molecule has 1 fully saturated rings. The highest BCUT2D eigenvalue weighted by Gasteiger charge is 2.21. The topological polar surface area (TPSA) is 73.9 Å². The van der Waals surface area contributed by atoms with E-state index in [2.05, 4.69) is 15.5 Å². The second kappa shape index (κ2) is 10.4. The summed E-state index contributed by atoms with van der Waals surface area (Å²) in [6.07, 6.45) is 0.830. The van der Waals surface area contributed by atoms with Crippen LogP contribution in [0.15, 0.2) is 0 Å². The summed E-state index contributed by atoms with van der Waals surface area (Å²) in [5.74, 6) is 0.0475. The van der Waals surface area contributed by atoms with E-state index in [0.717, 1.165) is 19.5 Å². The summed E-state index contributed by atoms with van der Waals surface area (Å²) in [6, 6.07) is -0.0239. The number of carbonyl (C=O) groups excluding carboxylic acids is 2. The number of urea groups is 1. The highest BCUT2D eigenvalue weighted by Crippen LogP contribution is 2.01. The molecule has 0 aliphatic carbocycles. The molecule has 1 saturated heterocycles. The van der Waals surface area contributed by atoms with Crippen molar-refractivity contribution in [1.82, 2.24) is 20.4 Å². The zero-order valence-electron chi connectivity index (χ0n) is 13.2. The van der Waals surface area contributed by atoms with E-state index in [1.54, 1.807) is 4.90 Å². The van der Waals surface area contributed by atoms with Gasteiger partial charge in [-0.2, -0.15) is 0 Å². The molecule has 2 N–H and O–H groups in total. The number of carbonyl (C=O) groups is 2. The number of hydrogen-bond acceptors (Lipinski definition) is 4. The van der Waals surface area contributed by atoms with Gasteiger partial charge in [0.2, 0.25) is 5.91 Å². The molecule has 1 aliphatic heterocycles. The first kappa shape index (κ1) is 17.7.